The van der Waals surface area contributed by atoms with Crippen molar-refractivity contribution in [3.63, 3.8) is 0 Å². The van der Waals surface area contributed by atoms with Gasteiger partial charge in [-0.3, -0.25) is 0 Å². The Morgan fingerprint density at radius 2 is 1.83 bits per heavy atom. The molecule has 1 heterocycles. The van der Waals surface area contributed by atoms with E-state index in [1.54, 1.807) is 30.3 Å². The molecule has 0 amide bonds. The van der Waals surface area contributed by atoms with Gasteiger partial charge in [-0.15, -0.1) is 12.4 Å². The molecule has 29 heavy (non-hydrogen) atoms. The first kappa shape index (κ1) is 22.1. The molecule has 4 rings (SSSR count). The maximum atomic E-state index is 15.1. The van der Waals surface area contributed by atoms with Gasteiger partial charge in [-0.05, 0) is 47.9 Å². The predicted octanol–water partition coefficient (Wildman–Crippen LogP) is 3.55. The first-order valence-electron chi connectivity index (χ1n) is 9.14. The Hall–Kier alpha value is -1.61. The summed E-state index contributed by atoms with van der Waals surface area (Å²) in [6.07, 6.45) is 1.36. The zero-order valence-corrected chi connectivity index (χ0v) is 17.1. The molecule has 3 atom stereocenters. The van der Waals surface area contributed by atoms with Gasteiger partial charge in [0.1, 0.15) is 11.6 Å². The molecule has 2 aromatic rings. The third-order valence-corrected chi connectivity index (χ3v) is 6.90. The Bertz CT molecular complexity index is 1000. The highest BCUT2D eigenvalue weighted by atomic mass is 35.5. The van der Waals surface area contributed by atoms with Crippen LogP contribution in [-0.2, 0) is 16.4 Å². The van der Waals surface area contributed by atoms with E-state index in [2.05, 4.69) is 5.32 Å². The summed E-state index contributed by atoms with van der Waals surface area (Å²) in [6, 6.07) is 10.1. The molecule has 2 fully saturated rings. The number of benzene rings is 2. The van der Waals surface area contributed by atoms with Crippen LogP contribution >= 0.6 is 12.4 Å². The van der Waals surface area contributed by atoms with E-state index in [0.717, 1.165) is 12.1 Å². The zero-order chi connectivity index (χ0) is 20.1. The minimum absolute atomic E-state index is 0. The van der Waals surface area contributed by atoms with E-state index < -0.39 is 44.5 Å². The lowest BCUT2D eigenvalue weighted by Crippen LogP contribution is -2.42. The second-order valence-corrected chi connectivity index (χ2v) is 9.44. The van der Waals surface area contributed by atoms with Gasteiger partial charge in [0.25, 0.3) is 0 Å². The van der Waals surface area contributed by atoms with Crippen molar-refractivity contribution in [2.45, 2.75) is 30.8 Å². The van der Waals surface area contributed by atoms with Gasteiger partial charge in [0, 0.05) is 24.1 Å². The summed E-state index contributed by atoms with van der Waals surface area (Å²) in [5, 5.41) is 8.17. The SMILES string of the molecule is Cl.NS(=O)(=O)C(F)[C@@H]1[C@H](Cc2cc(F)cc(-c3ccccc3)c2F)NCC12CC2. The number of primary sulfonamides is 1. The summed E-state index contributed by atoms with van der Waals surface area (Å²) in [5.41, 5.74) is -1.97. The van der Waals surface area contributed by atoms with Crippen LogP contribution in [0.3, 0.4) is 0 Å². The molecule has 0 aromatic heterocycles. The molecule has 9 heteroatoms. The van der Waals surface area contributed by atoms with Gasteiger partial charge >= 0.3 is 0 Å². The van der Waals surface area contributed by atoms with Crippen LogP contribution in [0.4, 0.5) is 13.2 Å². The lowest BCUT2D eigenvalue weighted by atomic mass is 9.85. The molecular formula is C20H22ClF3N2O2S. The Balaban J connectivity index is 0.00000240. The third kappa shape index (κ3) is 4.17. The summed E-state index contributed by atoms with van der Waals surface area (Å²) < 4.78 is 67.3. The van der Waals surface area contributed by atoms with Crippen molar-refractivity contribution >= 4 is 22.4 Å². The van der Waals surface area contributed by atoms with Gasteiger partial charge in [0.15, 0.2) is 0 Å². The molecule has 1 saturated carbocycles. The van der Waals surface area contributed by atoms with E-state index in [1.807, 2.05) is 0 Å². The van der Waals surface area contributed by atoms with Crippen molar-refractivity contribution in [1.82, 2.24) is 5.32 Å². The minimum Gasteiger partial charge on any atom is -0.313 e. The Morgan fingerprint density at radius 1 is 1.17 bits per heavy atom. The van der Waals surface area contributed by atoms with Crippen LogP contribution in [0.1, 0.15) is 18.4 Å². The number of rotatable bonds is 5. The summed E-state index contributed by atoms with van der Waals surface area (Å²) >= 11 is 0. The van der Waals surface area contributed by atoms with Crippen LogP contribution in [0.5, 0.6) is 0 Å². The maximum Gasteiger partial charge on any atom is 0.241 e. The Kier molecular flexibility index (Phi) is 6.02. The molecule has 2 aromatic carbocycles. The van der Waals surface area contributed by atoms with Crippen LogP contribution in [-0.4, -0.2) is 26.5 Å². The molecule has 1 unspecified atom stereocenters. The molecule has 1 aliphatic heterocycles. The Morgan fingerprint density at radius 3 is 2.41 bits per heavy atom. The summed E-state index contributed by atoms with van der Waals surface area (Å²) in [6.45, 7) is 0.445. The van der Waals surface area contributed by atoms with Crippen molar-refractivity contribution in [2.24, 2.45) is 16.5 Å². The fourth-order valence-electron chi connectivity index (χ4n) is 4.40. The maximum absolute atomic E-state index is 15.1. The second kappa shape index (κ2) is 7.91. The van der Waals surface area contributed by atoms with E-state index in [9.17, 15) is 17.2 Å². The number of nitrogens with one attached hydrogen (secondary N) is 1. The van der Waals surface area contributed by atoms with Gasteiger partial charge in [-0.1, -0.05) is 30.3 Å². The molecule has 1 spiro atoms. The fraction of sp³-hybridized carbons (Fsp3) is 0.400. The number of alkyl halides is 1. The predicted molar refractivity (Wildman–Crippen MR) is 108 cm³/mol. The highest BCUT2D eigenvalue weighted by Gasteiger charge is 2.61. The molecule has 3 N–H and O–H groups in total. The molecule has 0 bridgehead atoms. The van der Waals surface area contributed by atoms with Gasteiger partial charge in [0.2, 0.25) is 15.5 Å². The quantitative estimate of drug-likeness (QED) is 0.737. The van der Waals surface area contributed by atoms with Crippen LogP contribution in [0.25, 0.3) is 11.1 Å². The van der Waals surface area contributed by atoms with Crippen molar-refractivity contribution in [3.05, 3.63) is 59.7 Å². The van der Waals surface area contributed by atoms with E-state index in [1.165, 1.54) is 0 Å². The molecule has 158 valence electrons. The van der Waals surface area contributed by atoms with Crippen molar-refractivity contribution < 1.29 is 21.6 Å². The minimum atomic E-state index is -4.39. The number of hydrogen-bond donors (Lipinski definition) is 2. The Labute approximate surface area is 174 Å². The highest BCUT2D eigenvalue weighted by molar-refractivity contribution is 7.89. The summed E-state index contributed by atoms with van der Waals surface area (Å²) in [7, 11) is -4.39. The molecule has 4 nitrogen and oxygen atoms in total. The smallest absolute Gasteiger partial charge is 0.241 e. The van der Waals surface area contributed by atoms with Crippen LogP contribution in [0, 0.1) is 23.0 Å². The summed E-state index contributed by atoms with van der Waals surface area (Å²) in [4.78, 5) is 0. The van der Waals surface area contributed by atoms with Crippen LogP contribution in [0.2, 0.25) is 0 Å². The van der Waals surface area contributed by atoms with Crippen LogP contribution < -0.4 is 10.5 Å². The lowest BCUT2D eigenvalue weighted by Gasteiger charge is -2.26. The largest absolute Gasteiger partial charge is 0.313 e. The van der Waals surface area contributed by atoms with Crippen molar-refractivity contribution in [1.29, 1.82) is 0 Å². The molecule has 1 aliphatic carbocycles. The van der Waals surface area contributed by atoms with E-state index >= 15 is 4.39 Å². The van der Waals surface area contributed by atoms with E-state index in [0.29, 0.717) is 24.9 Å². The van der Waals surface area contributed by atoms with Crippen LogP contribution in [0.15, 0.2) is 42.5 Å². The number of halogens is 4. The van der Waals surface area contributed by atoms with Gasteiger partial charge < -0.3 is 5.32 Å². The van der Waals surface area contributed by atoms with E-state index in [4.69, 9.17) is 5.14 Å². The number of hydrogen-bond acceptors (Lipinski definition) is 3. The third-order valence-electron chi connectivity index (χ3n) is 5.98. The van der Waals surface area contributed by atoms with Gasteiger partial charge in [0.05, 0.1) is 0 Å². The summed E-state index contributed by atoms with van der Waals surface area (Å²) in [5.74, 6) is -2.07. The van der Waals surface area contributed by atoms with Gasteiger partial charge in [-0.2, -0.15) is 0 Å². The zero-order valence-electron chi connectivity index (χ0n) is 15.4. The topological polar surface area (TPSA) is 72.2 Å². The highest BCUT2D eigenvalue weighted by Crippen LogP contribution is 2.58. The second-order valence-electron chi connectivity index (χ2n) is 7.81. The average Bonchev–Trinajstić information content (AvgIpc) is 3.34. The molecule has 2 aliphatic rings. The fourth-order valence-corrected chi connectivity index (χ4v) is 5.29. The normalized spacial score (nSPS) is 23.6. The number of nitrogens with two attached hydrogens (primary N) is 1. The van der Waals surface area contributed by atoms with Crippen molar-refractivity contribution in [2.75, 3.05) is 6.54 Å². The van der Waals surface area contributed by atoms with Gasteiger partial charge in [-0.25, -0.2) is 26.7 Å². The van der Waals surface area contributed by atoms with E-state index in [-0.39, 0.29) is 30.0 Å². The standard InChI is InChI=1S/C20H21F3N2O2S.ClH/c21-14-8-13(18(22)15(10-14)12-4-2-1-3-5-12)9-16-17(19(23)28(24,26)27)20(6-7-20)11-25-16;/h1-5,8,10,16-17,19,25H,6-7,9,11H2,(H2,24,26,27);1H/t16-,17-,19?;/m0./s1. The monoisotopic (exact) mass is 446 g/mol. The average molecular weight is 447 g/mol. The molecule has 1 saturated heterocycles. The first-order chi connectivity index (χ1) is 13.2. The molecule has 0 radical (unpaired) electrons. The first-order valence-corrected chi connectivity index (χ1v) is 10.7. The van der Waals surface area contributed by atoms with Crippen molar-refractivity contribution in [3.8, 4) is 11.1 Å². The molecular weight excluding hydrogens is 425 g/mol. The lowest BCUT2D eigenvalue weighted by molar-refractivity contribution is 0.221. The number of sulfonamides is 1.